The van der Waals surface area contributed by atoms with Gasteiger partial charge < -0.3 is 15.0 Å². The number of benzene rings is 1. The van der Waals surface area contributed by atoms with Gasteiger partial charge in [0.05, 0.1) is 17.6 Å². The molecule has 1 heterocycles. The summed E-state index contributed by atoms with van der Waals surface area (Å²) < 4.78 is 5.34. The topological polar surface area (TPSA) is 67.6 Å². The first-order chi connectivity index (χ1) is 10.1. The second-order valence-corrected chi connectivity index (χ2v) is 5.44. The molecule has 1 aromatic rings. The maximum atomic E-state index is 11.2. The maximum absolute atomic E-state index is 11.2. The Morgan fingerprint density at radius 3 is 2.95 bits per heavy atom. The van der Waals surface area contributed by atoms with Gasteiger partial charge in [-0.1, -0.05) is 0 Å². The van der Waals surface area contributed by atoms with Crippen LogP contribution in [0.4, 0.5) is 11.4 Å². The third kappa shape index (κ3) is 4.32. The predicted molar refractivity (Wildman–Crippen MR) is 83.0 cm³/mol. The Labute approximate surface area is 125 Å². The lowest BCUT2D eigenvalue weighted by Gasteiger charge is -2.18. The molecular weight excluding hydrogens is 270 g/mol. The fraction of sp³-hybridized carbons (Fsp3) is 0.600. The van der Waals surface area contributed by atoms with Crippen LogP contribution in [0.1, 0.15) is 26.2 Å². The van der Waals surface area contributed by atoms with E-state index >= 15 is 0 Å². The first-order valence-electron chi connectivity index (χ1n) is 7.46. The lowest BCUT2D eigenvalue weighted by molar-refractivity contribution is -0.384. The summed E-state index contributed by atoms with van der Waals surface area (Å²) in [6.07, 6.45) is 3.15. The first-order valence-corrected chi connectivity index (χ1v) is 7.46. The van der Waals surface area contributed by atoms with Crippen LogP contribution < -0.4 is 10.1 Å². The van der Waals surface area contributed by atoms with E-state index in [1.165, 1.54) is 6.07 Å². The van der Waals surface area contributed by atoms with Crippen LogP contribution in [-0.4, -0.2) is 42.6 Å². The zero-order chi connectivity index (χ0) is 15.2. The predicted octanol–water partition coefficient (Wildman–Crippen LogP) is 2.89. The molecule has 1 aromatic carbocycles. The number of hydrogen-bond donors (Lipinski definition) is 1. The molecule has 0 amide bonds. The van der Waals surface area contributed by atoms with Crippen LogP contribution in [0.25, 0.3) is 0 Å². The van der Waals surface area contributed by atoms with Crippen LogP contribution in [0.2, 0.25) is 0 Å². The van der Waals surface area contributed by atoms with E-state index in [0.29, 0.717) is 18.0 Å². The highest BCUT2D eigenvalue weighted by atomic mass is 16.6. The number of nitro groups is 1. The molecule has 116 valence electrons. The van der Waals surface area contributed by atoms with Gasteiger partial charge in [-0.25, -0.2) is 0 Å². The third-order valence-corrected chi connectivity index (χ3v) is 3.79. The van der Waals surface area contributed by atoms with Crippen molar-refractivity contribution in [1.82, 2.24) is 4.90 Å². The smallest absolute Gasteiger partial charge is 0.296 e. The van der Waals surface area contributed by atoms with Crippen molar-refractivity contribution in [3.63, 3.8) is 0 Å². The molecule has 1 aliphatic heterocycles. The number of nitrogens with zero attached hydrogens (tertiary/aromatic N) is 2. The zero-order valence-electron chi connectivity index (χ0n) is 12.7. The normalized spacial score (nSPS) is 19.8. The molecule has 21 heavy (non-hydrogen) atoms. The summed E-state index contributed by atoms with van der Waals surface area (Å²) in [7, 11) is 2.11. The van der Waals surface area contributed by atoms with Gasteiger partial charge in [0, 0.05) is 6.04 Å². The molecule has 0 bridgehead atoms. The number of nitrogens with one attached hydrogen (secondary N) is 1. The van der Waals surface area contributed by atoms with Gasteiger partial charge in [-0.2, -0.15) is 0 Å². The van der Waals surface area contributed by atoms with E-state index < -0.39 is 0 Å². The average molecular weight is 293 g/mol. The van der Waals surface area contributed by atoms with Crippen LogP contribution in [0.15, 0.2) is 18.2 Å². The van der Waals surface area contributed by atoms with Gasteiger partial charge in [0.25, 0.3) is 5.69 Å². The number of nitro benzene ring substituents is 1. The van der Waals surface area contributed by atoms with E-state index in [0.717, 1.165) is 32.4 Å². The summed E-state index contributed by atoms with van der Waals surface area (Å²) in [5.41, 5.74) is 0.663. The Kier molecular flexibility index (Phi) is 5.38. The second kappa shape index (κ2) is 7.26. The molecule has 0 saturated carbocycles. The molecule has 0 spiro atoms. The standard InChI is InChI=1S/C15H23N3O3/c1-3-21-13-6-7-14(15(11-13)18(19)20)16-12-5-4-9-17(2)10-8-12/h6-7,11-12,16H,3-5,8-10H2,1-2H3. The average Bonchev–Trinajstić information content (AvgIpc) is 2.65. The molecule has 0 aliphatic carbocycles. The van der Waals surface area contributed by atoms with E-state index in [9.17, 15) is 10.1 Å². The van der Waals surface area contributed by atoms with Crippen molar-refractivity contribution < 1.29 is 9.66 Å². The summed E-state index contributed by atoms with van der Waals surface area (Å²) >= 11 is 0. The Bertz CT molecular complexity index is 493. The molecule has 1 aliphatic rings. The van der Waals surface area contributed by atoms with Crippen molar-refractivity contribution in [3.8, 4) is 5.75 Å². The van der Waals surface area contributed by atoms with Crippen molar-refractivity contribution in [3.05, 3.63) is 28.3 Å². The highest BCUT2D eigenvalue weighted by Crippen LogP contribution is 2.30. The Morgan fingerprint density at radius 2 is 2.24 bits per heavy atom. The second-order valence-electron chi connectivity index (χ2n) is 5.44. The molecule has 6 nitrogen and oxygen atoms in total. The van der Waals surface area contributed by atoms with Gasteiger partial charge in [-0.05, 0) is 58.5 Å². The van der Waals surface area contributed by atoms with E-state index in [1.54, 1.807) is 12.1 Å². The number of likely N-dealkylation sites (tertiary alicyclic amines) is 1. The van der Waals surface area contributed by atoms with E-state index in [4.69, 9.17) is 4.74 Å². The van der Waals surface area contributed by atoms with Gasteiger partial charge in [-0.3, -0.25) is 10.1 Å². The van der Waals surface area contributed by atoms with E-state index in [-0.39, 0.29) is 16.7 Å². The minimum atomic E-state index is -0.353. The number of ether oxygens (including phenoxy) is 1. The molecule has 1 atom stereocenters. The largest absolute Gasteiger partial charge is 0.494 e. The highest BCUT2D eigenvalue weighted by Gasteiger charge is 2.20. The van der Waals surface area contributed by atoms with E-state index in [1.807, 2.05) is 6.92 Å². The molecule has 6 heteroatoms. The Hall–Kier alpha value is -1.82. The summed E-state index contributed by atoms with van der Waals surface area (Å²) in [5.74, 6) is 0.537. The monoisotopic (exact) mass is 293 g/mol. The van der Waals surface area contributed by atoms with Crippen LogP contribution in [-0.2, 0) is 0 Å². The van der Waals surface area contributed by atoms with Gasteiger partial charge in [0.15, 0.2) is 0 Å². The SMILES string of the molecule is CCOc1ccc(NC2CCCN(C)CC2)c([N+](=O)[O-])c1. The molecular formula is C15H23N3O3. The Morgan fingerprint density at radius 1 is 1.43 bits per heavy atom. The number of hydrogen-bond acceptors (Lipinski definition) is 5. The van der Waals surface area contributed by atoms with Gasteiger partial charge in [0.1, 0.15) is 11.4 Å². The van der Waals surface area contributed by atoms with Crippen molar-refractivity contribution in [1.29, 1.82) is 0 Å². The van der Waals surface area contributed by atoms with Crippen LogP contribution in [0, 0.1) is 10.1 Å². The van der Waals surface area contributed by atoms with Crippen molar-refractivity contribution in [2.24, 2.45) is 0 Å². The number of anilines is 1. The third-order valence-electron chi connectivity index (χ3n) is 3.79. The van der Waals surface area contributed by atoms with Gasteiger partial charge in [0.2, 0.25) is 0 Å². The molecule has 0 aromatic heterocycles. The summed E-state index contributed by atoms with van der Waals surface area (Å²) in [6.45, 7) is 4.46. The quantitative estimate of drug-likeness (QED) is 0.668. The van der Waals surface area contributed by atoms with Crippen LogP contribution in [0.3, 0.4) is 0 Å². The fourth-order valence-electron chi connectivity index (χ4n) is 2.65. The minimum Gasteiger partial charge on any atom is -0.494 e. The van der Waals surface area contributed by atoms with Crippen molar-refractivity contribution >= 4 is 11.4 Å². The first kappa shape index (κ1) is 15.6. The molecule has 1 fully saturated rings. The molecule has 1 unspecified atom stereocenters. The number of rotatable bonds is 5. The van der Waals surface area contributed by atoms with Gasteiger partial charge >= 0.3 is 0 Å². The van der Waals surface area contributed by atoms with Gasteiger partial charge in [-0.15, -0.1) is 0 Å². The van der Waals surface area contributed by atoms with Crippen molar-refractivity contribution in [2.45, 2.75) is 32.2 Å². The van der Waals surface area contributed by atoms with Crippen LogP contribution >= 0.6 is 0 Å². The lowest BCUT2D eigenvalue weighted by atomic mass is 10.1. The van der Waals surface area contributed by atoms with Crippen LogP contribution in [0.5, 0.6) is 5.75 Å². The Balaban J connectivity index is 2.12. The highest BCUT2D eigenvalue weighted by molar-refractivity contribution is 5.64. The zero-order valence-corrected chi connectivity index (χ0v) is 12.7. The molecule has 2 rings (SSSR count). The molecule has 0 radical (unpaired) electrons. The van der Waals surface area contributed by atoms with E-state index in [2.05, 4.69) is 17.3 Å². The summed E-state index contributed by atoms with van der Waals surface area (Å²) in [5, 5.41) is 14.6. The molecule has 1 N–H and O–H groups in total. The summed E-state index contributed by atoms with van der Waals surface area (Å²) in [6, 6.07) is 5.31. The maximum Gasteiger partial charge on any atom is 0.296 e. The lowest BCUT2D eigenvalue weighted by Crippen LogP contribution is -2.23. The molecule has 1 saturated heterocycles. The fourth-order valence-corrected chi connectivity index (χ4v) is 2.65. The minimum absolute atomic E-state index is 0.0820. The summed E-state index contributed by atoms with van der Waals surface area (Å²) in [4.78, 5) is 13.2. The van der Waals surface area contributed by atoms with Crippen molar-refractivity contribution in [2.75, 3.05) is 32.1 Å².